The number of hydrogen-bond acceptors (Lipinski definition) is 2. The molecule has 0 N–H and O–H groups in total. The van der Waals surface area contributed by atoms with Crippen LogP contribution in [0.25, 0.3) is 88.0 Å². The summed E-state index contributed by atoms with van der Waals surface area (Å²) in [6.07, 6.45) is 0. The highest BCUT2D eigenvalue weighted by molar-refractivity contribution is 6.73. The van der Waals surface area contributed by atoms with Crippen molar-refractivity contribution in [3.05, 3.63) is 139 Å². The molecule has 0 amide bonds. The fourth-order valence-electron chi connectivity index (χ4n) is 11.6. The van der Waals surface area contributed by atoms with Gasteiger partial charge in [0.25, 0.3) is 0 Å². The van der Waals surface area contributed by atoms with Gasteiger partial charge >= 0.3 is 0 Å². The molecule has 0 saturated carbocycles. The van der Waals surface area contributed by atoms with Gasteiger partial charge in [0.15, 0.2) is 0 Å². The summed E-state index contributed by atoms with van der Waals surface area (Å²) >= 11 is 0. The standard InChI is InChI=1S/C59H27B14NO/c1-59(2)35-15-5-3-13-30(35)34-23-29(22-32(44(34)59)24-17-18-37-33(21-24)31-14-4-6-16-36(31)75-37)74(27-11-7-9-25(19-27)38-40-42(49(64)53(68)45(38)60)51(66)57(72)55(70)47(40)62)28-12-8-10-26(20-28)39-41-43(50(65)54(69)46(39)61)52(67)58(73)56(71)48(41)63/h3-23H,1-2H3. The number of fused-ring (bicyclic) bond motifs is 8. The summed E-state index contributed by atoms with van der Waals surface area (Å²) in [6.45, 7) is 4.55. The van der Waals surface area contributed by atoms with Crippen LogP contribution >= 0.6 is 0 Å². The Kier molecular flexibility index (Phi) is 11.6. The van der Waals surface area contributed by atoms with Crippen LogP contribution < -0.4 is 81.4 Å². The molecule has 0 unspecified atom stereocenters. The van der Waals surface area contributed by atoms with E-state index in [0.717, 1.165) is 49.9 Å². The fourth-order valence-corrected chi connectivity index (χ4v) is 11.6. The van der Waals surface area contributed by atoms with Crippen LogP contribution in [-0.2, 0) is 5.41 Å². The van der Waals surface area contributed by atoms with Gasteiger partial charge in [-0.1, -0.05) is 130 Å². The zero-order valence-electron chi connectivity index (χ0n) is 41.1. The Morgan fingerprint density at radius 3 is 1.33 bits per heavy atom. The van der Waals surface area contributed by atoms with Gasteiger partial charge in [-0.05, 0) is 132 Å². The third-order valence-corrected chi connectivity index (χ3v) is 15.4. The zero-order chi connectivity index (χ0) is 52.8. The van der Waals surface area contributed by atoms with Crippen LogP contribution in [0.4, 0.5) is 17.1 Å². The Bertz CT molecular complexity index is 4170. The van der Waals surface area contributed by atoms with Crippen molar-refractivity contribution in [3.63, 3.8) is 0 Å². The third kappa shape index (κ3) is 7.13. The van der Waals surface area contributed by atoms with Crippen LogP contribution in [0.15, 0.2) is 132 Å². The summed E-state index contributed by atoms with van der Waals surface area (Å²) in [5.74, 6) is 0. The highest BCUT2D eigenvalue weighted by Crippen LogP contribution is 2.55. The van der Waals surface area contributed by atoms with Crippen molar-refractivity contribution in [2.75, 3.05) is 4.90 Å². The Morgan fingerprint density at radius 1 is 0.333 bits per heavy atom. The monoisotopic (exact) mass is 919 g/mol. The van der Waals surface area contributed by atoms with Crippen molar-refractivity contribution in [2.24, 2.45) is 0 Å². The van der Waals surface area contributed by atoms with E-state index in [4.69, 9.17) is 114 Å². The lowest BCUT2D eigenvalue weighted by atomic mass is 9.59. The number of benzene rings is 10. The Labute approximate surface area is 455 Å². The molecular formula is C59H27B14NO. The van der Waals surface area contributed by atoms with Crippen LogP contribution in [0, 0.1) is 0 Å². The lowest BCUT2D eigenvalue weighted by molar-refractivity contribution is 0.662. The summed E-state index contributed by atoms with van der Waals surface area (Å²) in [5, 5.41) is 3.53. The summed E-state index contributed by atoms with van der Waals surface area (Å²) in [4.78, 5) is 2.16. The topological polar surface area (TPSA) is 16.4 Å². The smallest absolute Gasteiger partial charge is 0.135 e. The van der Waals surface area contributed by atoms with Gasteiger partial charge in [-0.15, -0.1) is 32.8 Å². The highest BCUT2D eigenvalue weighted by Gasteiger charge is 2.39. The molecule has 11 aromatic rings. The maximum absolute atomic E-state index is 6.97. The maximum Gasteiger partial charge on any atom is 0.135 e. The van der Waals surface area contributed by atoms with E-state index in [1.54, 1.807) is 0 Å². The minimum absolute atomic E-state index is 0.0887. The van der Waals surface area contributed by atoms with Crippen LogP contribution in [-0.4, -0.2) is 110 Å². The SMILES string of the molecule is [B]c1c([B])c([B])c2c(-c3cccc(N(c4cccc(-c5c([B])c([B])c([B])c6c([B])c([B])c([B])c([B])c56)c4)c4cc(-c5ccc6oc7ccccc7c6c5)c5c(c4)-c4ccccc4C5(C)C)c3)c([B])c([B])c([B])c2c1[B]. The van der Waals surface area contributed by atoms with Gasteiger partial charge in [-0.25, -0.2) is 0 Å². The molecule has 75 heavy (non-hydrogen) atoms. The van der Waals surface area contributed by atoms with Gasteiger partial charge in [0.2, 0.25) is 0 Å². The van der Waals surface area contributed by atoms with E-state index in [2.05, 4.69) is 73.3 Å². The highest BCUT2D eigenvalue weighted by atomic mass is 16.3. The molecule has 28 radical (unpaired) electrons. The molecule has 0 atom stereocenters. The summed E-state index contributed by atoms with van der Waals surface area (Å²) in [5.41, 5.74) is 13.9. The maximum atomic E-state index is 6.97. The van der Waals surface area contributed by atoms with Crippen molar-refractivity contribution in [1.82, 2.24) is 0 Å². The summed E-state index contributed by atoms with van der Waals surface area (Å²) in [7, 11) is 93.5. The van der Waals surface area contributed by atoms with E-state index in [1.807, 2.05) is 72.8 Å². The second-order valence-corrected chi connectivity index (χ2v) is 19.9. The average molecular weight is 917 g/mol. The predicted octanol–water partition coefficient (Wildman–Crippen LogP) is -0.217. The van der Waals surface area contributed by atoms with E-state index in [0.29, 0.717) is 55.2 Å². The molecular weight excluding hydrogens is 890 g/mol. The molecule has 16 heteroatoms. The molecule has 1 aromatic heterocycles. The fraction of sp³-hybridized carbons (Fsp3) is 0.0508. The van der Waals surface area contributed by atoms with E-state index in [1.165, 1.54) is 11.1 Å². The number of hydrogen-bond donors (Lipinski definition) is 0. The normalized spacial score (nSPS) is 12.7. The summed E-state index contributed by atoms with van der Waals surface area (Å²) < 4.78 is 6.34. The quantitative estimate of drug-likeness (QED) is 0.215. The van der Waals surface area contributed by atoms with Gasteiger partial charge in [-0.3, -0.25) is 0 Å². The minimum atomic E-state index is -0.404. The van der Waals surface area contributed by atoms with E-state index < -0.39 is 5.41 Å². The second-order valence-electron chi connectivity index (χ2n) is 19.9. The molecule has 1 aliphatic carbocycles. The van der Waals surface area contributed by atoms with E-state index >= 15 is 0 Å². The van der Waals surface area contributed by atoms with Crippen molar-refractivity contribution < 1.29 is 4.42 Å². The Morgan fingerprint density at radius 2 is 0.787 bits per heavy atom. The van der Waals surface area contributed by atoms with Crippen LogP contribution in [0.5, 0.6) is 0 Å². The van der Waals surface area contributed by atoms with E-state index in [-0.39, 0.29) is 76.5 Å². The molecule has 2 nitrogen and oxygen atoms in total. The van der Waals surface area contributed by atoms with Crippen LogP contribution in [0.3, 0.4) is 0 Å². The number of nitrogens with zero attached hydrogens (tertiary/aromatic N) is 1. The van der Waals surface area contributed by atoms with Crippen molar-refractivity contribution in [3.8, 4) is 44.5 Å². The molecule has 1 aliphatic rings. The number of para-hydroxylation sites is 1. The first-order chi connectivity index (χ1) is 35.8. The van der Waals surface area contributed by atoms with Crippen molar-refractivity contribution in [2.45, 2.75) is 19.3 Å². The van der Waals surface area contributed by atoms with E-state index in [9.17, 15) is 0 Å². The minimum Gasteiger partial charge on any atom is -0.456 e. The lowest BCUT2D eigenvalue weighted by Gasteiger charge is -2.31. The predicted molar refractivity (Wildman–Crippen MR) is 333 cm³/mol. The molecule has 1 heterocycles. The number of anilines is 3. The second kappa shape index (κ2) is 17.7. The Hall–Kier alpha value is -6.77. The van der Waals surface area contributed by atoms with Crippen molar-refractivity contribution in [1.29, 1.82) is 0 Å². The first-order valence-corrected chi connectivity index (χ1v) is 24.1. The molecule has 0 fully saturated rings. The molecule has 0 saturated heterocycles. The lowest BCUT2D eigenvalue weighted by Crippen LogP contribution is -2.52. The zero-order valence-corrected chi connectivity index (χ0v) is 41.1. The molecule has 316 valence electrons. The van der Waals surface area contributed by atoms with Crippen molar-refractivity contribution >= 4 is 247 Å². The molecule has 0 aliphatic heterocycles. The molecule has 0 bridgehead atoms. The van der Waals surface area contributed by atoms with Crippen LogP contribution in [0.2, 0.25) is 0 Å². The van der Waals surface area contributed by atoms with Gasteiger partial charge in [0.1, 0.15) is 121 Å². The first-order valence-electron chi connectivity index (χ1n) is 24.1. The third-order valence-electron chi connectivity index (χ3n) is 15.4. The largest absolute Gasteiger partial charge is 0.456 e. The molecule has 10 aromatic carbocycles. The van der Waals surface area contributed by atoms with Gasteiger partial charge < -0.3 is 9.32 Å². The van der Waals surface area contributed by atoms with Gasteiger partial charge in [0.05, 0.1) is 0 Å². The molecule has 12 rings (SSSR count). The van der Waals surface area contributed by atoms with Gasteiger partial charge in [-0.2, -0.15) is 0 Å². The van der Waals surface area contributed by atoms with Gasteiger partial charge in [0, 0.05) is 33.2 Å². The van der Waals surface area contributed by atoms with Crippen LogP contribution in [0.1, 0.15) is 25.0 Å². The number of rotatable bonds is 6. The Balaban J connectivity index is 1.18. The first kappa shape index (κ1) is 49.1. The average Bonchev–Trinajstić information content (AvgIpc) is 3.90. The molecule has 0 spiro atoms. The summed E-state index contributed by atoms with van der Waals surface area (Å²) in [6, 6.07) is 43.1. The number of furan rings is 1.